The number of hydrogen-bond acceptors (Lipinski definition) is 9. The Kier molecular flexibility index (Phi) is 13.0. The number of carboxylic acid groups (broad SMARTS) is 1. The Morgan fingerprint density at radius 1 is 1.14 bits per heavy atom. The number of sulfonamides is 1. The van der Waals surface area contributed by atoms with Crippen LogP contribution < -0.4 is 15.4 Å². The fourth-order valence-corrected chi connectivity index (χ4v) is 4.44. The summed E-state index contributed by atoms with van der Waals surface area (Å²) < 4.78 is 39.0. The van der Waals surface area contributed by atoms with Crippen LogP contribution in [0.15, 0.2) is 30.3 Å². The first-order valence-electron chi connectivity index (χ1n) is 13.5. The zero-order chi connectivity index (χ0) is 31.6. The van der Waals surface area contributed by atoms with Gasteiger partial charge in [0.1, 0.15) is 11.9 Å². The Labute approximate surface area is 245 Å². The first-order chi connectivity index (χ1) is 19.6. The minimum atomic E-state index is -3.69. The number of aliphatic hydroxyl groups is 2. The van der Waals surface area contributed by atoms with E-state index < -0.39 is 52.4 Å². The number of carboxylic acids is 1. The number of nitrogens with two attached hydrogens (primary N) is 1. The molecule has 0 saturated heterocycles. The fourth-order valence-electron chi connectivity index (χ4n) is 4.06. The van der Waals surface area contributed by atoms with E-state index in [0.717, 1.165) is 10.6 Å². The van der Waals surface area contributed by atoms with Crippen molar-refractivity contribution in [2.75, 3.05) is 24.2 Å². The molecule has 0 bridgehead atoms. The molecule has 0 aliphatic heterocycles. The number of aliphatic carboxylic acids is 1. The minimum absolute atomic E-state index is 0.0812. The van der Waals surface area contributed by atoms with Crippen molar-refractivity contribution in [1.82, 2.24) is 15.3 Å². The normalized spacial score (nSPS) is 14.1. The van der Waals surface area contributed by atoms with Crippen molar-refractivity contribution in [2.45, 2.75) is 70.1 Å². The standard InChI is InChI=1S/C28H40FN5O7S/c1-17(2)25-22(26(18-8-10-19(29)11-9-18)33-28(32-25)34(3)42(4,40)41)13-12-20(35)15-21(36)16-24(37)31-23(27(38)39)7-5-6-14-30/h8-13,17,20-21,23,35-36H,5-7,14-16,30H2,1-4H3,(H,31,37)(H,38,39)/b13-12+/t20-,21+,23-/m0/s1. The molecule has 0 saturated carbocycles. The number of amides is 1. The number of aromatic nitrogens is 2. The minimum Gasteiger partial charge on any atom is -0.480 e. The number of unbranched alkanes of at least 4 members (excludes halogenated alkanes) is 1. The van der Waals surface area contributed by atoms with Crippen LogP contribution >= 0.6 is 0 Å². The van der Waals surface area contributed by atoms with Crippen molar-refractivity contribution >= 4 is 33.9 Å². The van der Waals surface area contributed by atoms with Crippen molar-refractivity contribution in [1.29, 1.82) is 0 Å². The zero-order valence-electron chi connectivity index (χ0n) is 24.2. The molecule has 12 nitrogen and oxygen atoms in total. The van der Waals surface area contributed by atoms with Crippen LogP contribution in [0, 0.1) is 5.82 Å². The molecule has 1 aromatic carbocycles. The number of halogens is 1. The lowest BCUT2D eigenvalue weighted by molar-refractivity contribution is -0.142. The second kappa shape index (κ2) is 15.7. The molecule has 3 atom stereocenters. The Morgan fingerprint density at radius 3 is 2.33 bits per heavy atom. The van der Waals surface area contributed by atoms with Crippen molar-refractivity contribution in [2.24, 2.45) is 5.73 Å². The van der Waals surface area contributed by atoms with Gasteiger partial charge >= 0.3 is 5.97 Å². The molecule has 0 fully saturated rings. The van der Waals surface area contributed by atoms with E-state index in [1.807, 2.05) is 13.8 Å². The van der Waals surface area contributed by atoms with Gasteiger partial charge in [-0.15, -0.1) is 0 Å². The molecule has 2 aromatic rings. The number of hydrogen-bond donors (Lipinski definition) is 5. The Morgan fingerprint density at radius 2 is 1.79 bits per heavy atom. The first-order valence-corrected chi connectivity index (χ1v) is 15.4. The molecule has 1 heterocycles. The van der Waals surface area contributed by atoms with E-state index in [4.69, 9.17) is 5.73 Å². The van der Waals surface area contributed by atoms with Crippen molar-refractivity contribution in [3.05, 3.63) is 47.4 Å². The predicted octanol–water partition coefficient (Wildman–Crippen LogP) is 2.02. The highest BCUT2D eigenvalue weighted by molar-refractivity contribution is 7.92. The first kappa shape index (κ1) is 34.7. The van der Waals surface area contributed by atoms with Crippen LogP contribution in [0.4, 0.5) is 10.3 Å². The molecular formula is C28H40FN5O7S. The number of nitrogens with zero attached hydrogens (tertiary/aromatic N) is 3. The zero-order valence-corrected chi connectivity index (χ0v) is 25.0. The van der Waals surface area contributed by atoms with Crippen molar-refractivity contribution in [3.63, 3.8) is 0 Å². The molecule has 0 radical (unpaired) electrons. The van der Waals surface area contributed by atoms with Gasteiger partial charge in [0.2, 0.25) is 21.9 Å². The van der Waals surface area contributed by atoms with E-state index in [1.54, 1.807) is 0 Å². The van der Waals surface area contributed by atoms with Gasteiger partial charge in [0.05, 0.1) is 36.3 Å². The van der Waals surface area contributed by atoms with Crippen LogP contribution in [-0.4, -0.2) is 83.7 Å². The molecule has 1 amide bonds. The van der Waals surface area contributed by atoms with Gasteiger partial charge in [0, 0.05) is 24.6 Å². The third kappa shape index (κ3) is 10.4. The molecule has 0 aliphatic carbocycles. The summed E-state index contributed by atoms with van der Waals surface area (Å²) in [6.07, 6.45) is 2.14. The van der Waals surface area contributed by atoms with Gasteiger partial charge in [-0.2, -0.15) is 0 Å². The molecule has 1 aromatic heterocycles. The van der Waals surface area contributed by atoms with Gasteiger partial charge in [-0.05, 0) is 56.0 Å². The second-order valence-electron chi connectivity index (χ2n) is 10.3. The quantitative estimate of drug-likeness (QED) is 0.176. The lowest BCUT2D eigenvalue weighted by Crippen LogP contribution is -2.42. The number of benzene rings is 1. The second-order valence-corrected chi connectivity index (χ2v) is 12.3. The van der Waals surface area contributed by atoms with E-state index in [0.29, 0.717) is 41.9 Å². The third-order valence-corrected chi connectivity index (χ3v) is 7.57. The number of carbonyl (C=O) groups excluding carboxylic acids is 1. The number of carbonyl (C=O) groups is 2. The number of nitrogens with one attached hydrogen (secondary N) is 1. The molecule has 42 heavy (non-hydrogen) atoms. The topological polar surface area (TPSA) is 196 Å². The maximum Gasteiger partial charge on any atom is 0.326 e. The molecule has 232 valence electrons. The van der Waals surface area contributed by atoms with E-state index in [9.17, 15) is 37.7 Å². The maximum atomic E-state index is 13.7. The van der Waals surface area contributed by atoms with Gasteiger partial charge < -0.3 is 26.4 Å². The highest BCUT2D eigenvalue weighted by atomic mass is 32.2. The van der Waals surface area contributed by atoms with E-state index in [1.165, 1.54) is 43.5 Å². The number of aliphatic hydroxyl groups excluding tert-OH is 2. The molecular weight excluding hydrogens is 569 g/mol. The van der Waals surface area contributed by atoms with Gasteiger partial charge in [-0.25, -0.2) is 31.9 Å². The molecule has 14 heteroatoms. The largest absolute Gasteiger partial charge is 0.480 e. The van der Waals surface area contributed by atoms with Crippen LogP contribution in [0.5, 0.6) is 0 Å². The van der Waals surface area contributed by atoms with Crippen LogP contribution in [0.1, 0.15) is 63.1 Å². The van der Waals surface area contributed by atoms with E-state index >= 15 is 0 Å². The number of rotatable bonds is 16. The summed E-state index contributed by atoms with van der Waals surface area (Å²) in [5.74, 6) is -2.62. The highest BCUT2D eigenvalue weighted by Crippen LogP contribution is 2.31. The Balaban J connectivity index is 2.30. The van der Waals surface area contributed by atoms with E-state index in [-0.39, 0.29) is 24.7 Å². The summed E-state index contributed by atoms with van der Waals surface area (Å²) in [4.78, 5) is 32.7. The van der Waals surface area contributed by atoms with Crippen LogP contribution in [0.2, 0.25) is 0 Å². The maximum absolute atomic E-state index is 13.7. The van der Waals surface area contributed by atoms with Gasteiger partial charge in [0.15, 0.2) is 0 Å². The summed E-state index contributed by atoms with van der Waals surface area (Å²) in [5, 5.41) is 32.7. The summed E-state index contributed by atoms with van der Waals surface area (Å²) >= 11 is 0. The lowest BCUT2D eigenvalue weighted by atomic mass is 9.97. The number of anilines is 1. The van der Waals surface area contributed by atoms with Crippen LogP contribution in [-0.2, 0) is 19.6 Å². The molecule has 0 aliphatic rings. The monoisotopic (exact) mass is 609 g/mol. The van der Waals surface area contributed by atoms with Gasteiger partial charge in [-0.1, -0.05) is 26.0 Å². The smallest absolute Gasteiger partial charge is 0.326 e. The average molecular weight is 610 g/mol. The average Bonchev–Trinajstić information content (AvgIpc) is 2.90. The highest BCUT2D eigenvalue weighted by Gasteiger charge is 2.24. The molecule has 6 N–H and O–H groups in total. The summed E-state index contributed by atoms with van der Waals surface area (Å²) in [6, 6.07) is 4.35. The van der Waals surface area contributed by atoms with Crippen LogP contribution in [0.3, 0.4) is 0 Å². The van der Waals surface area contributed by atoms with Crippen molar-refractivity contribution in [3.8, 4) is 11.3 Å². The third-order valence-electron chi connectivity index (χ3n) is 6.41. The van der Waals surface area contributed by atoms with Gasteiger partial charge in [0.25, 0.3) is 0 Å². The summed E-state index contributed by atoms with van der Waals surface area (Å²) in [5.41, 5.74) is 7.13. The summed E-state index contributed by atoms with van der Waals surface area (Å²) in [6.45, 7) is 4.09. The van der Waals surface area contributed by atoms with E-state index in [2.05, 4.69) is 15.3 Å². The van der Waals surface area contributed by atoms with Crippen molar-refractivity contribution < 1.29 is 37.7 Å². The Bertz CT molecular complexity index is 1350. The molecule has 0 unspecified atom stereocenters. The Hall–Kier alpha value is -3.46. The van der Waals surface area contributed by atoms with Gasteiger partial charge in [-0.3, -0.25) is 4.79 Å². The lowest BCUT2D eigenvalue weighted by Gasteiger charge is -2.20. The fraction of sp³-hybridized carbons (Fsp3) is 0.500. The predicted molar refractivity (Wildman–Crippen MR) is 158 cm³/mol. The van der Waals surface area contributed by atoms with Crippen LogP contribution in [0.25, 0.3) is 17.3 Å². The molecule has 2 rings (SSSR count). The molecule has 0 spiro atoms. The summed E-state index contributed by atoms with van der Waals surface area (Å²) in [7, 11) is -2.37. The SMILES string of the molecule is CC(C)c1nc(N(C)S(C)(=O)=O)nc(-c2ccc(F)cc2)c1/C=C/[C@H](O)C[C@@H](O)CC(=O)N[C@@H](CCCCN)C(=O)O.